The lowest BCUT2D eigenvalue weighted by atomic mass is 10.1. The van der Waals surface area contributed by atoms with Crippen molar-refractivity contribution >= 4 is 38.4 Å². The van der Waals surface area contributed by atoms with Gasteiger partial charge in [-0.1, -0.05) is 11.6 Å². The Balaban J connectivity index is 1.91. The molecule has 4 atom stereocenters. The molecule has 3 rings (SSSR count). The van der Waals surface area contributed by atoms with Crippen molar-refractivity contribution in [1.29, 1.82) is 0 Å². The Morgan fingerprint density at radius 1 is 1.33 bits per heavy atom. The summed E-state index contributed by atoms with van der Waals surface area (Å²) < 4.78 is 11.6. The summed E-state index contributed by atoms with van der Waals surface area (Å²) in [5, 5.41) is 29.8. The zero-order valence-corrected chi connectivity index (χ0v) is 13.0. The van der Waals surface area contributed by atoms with Crippen LogP contribution in [0.5, 0.6) is 5.75 Å². The monoisotopic (exact) mass is 377 g/mol. The minimum absolute atomic E-state index is 0.395. The first-order valence-electron chi connectivity index (χ1n) is 6.27. The second kappa shape index (κ2) is 5.75. The molecule has 0 bridgehead atoms. The predicted octanol–water partition coefficient (Wildman–Crippen LogP) is 1.40. The third-order valence-electron chi connectivity index (χ3n) is 3.44. The van der Waals surface area contributed by atoms with Crippen molar-refractivity contribution in [3.8, 4) is 5.75 Å². The van der Waals surface area contributed by atoms with Crippen LogP contribution >= 0.6 is 27.5 Å². The van der Waals surface area contributed by atoms with Crippen molar-refractivity contribution in [2.75, 3.05) is 6.61 Å². The molecular formula is C13H13BrClNO5. The highest BCUT2D eigenvalue weighted by Crippen LogP contribution is 2.38. The maximum atomic E-state index is 9.89. The smallest absolute Gasteiger partial charge is 0.229 e. The maximum absolute atomic E-state index is 9.89. The van der Waals surface area contributed by atoms with Gasteiger partial charge in [-0.05, 0) is 28.1 Å². The van der Waals surface area contributed by atoms with E-state index in [0.717, 1.165) is 5.52 Å². The van der Waals surface area contributed by atoms with Crippen LogP contribution in [0.25, 0.3) is 10.9 Å². The van der Waals surface area contributed by atoms with Gasteiger partial charge in [0.1, 0.15) is 24.1 Å². The lowest BCUT2D eigenvalue weighted by molar-refractivity contribution is -0.115. The summed E-state index contributed by atoms with van der Waals surface area (Å²) in [6, 6.07) is 3.63. The number of halogens is 2. The summed E-state index contributed by atoms with van der Waals surface area (Å²) in [5.74, 6) is 0.395. The zero-order chi connectivity index (χ0) is 15.1. The second-order valence-electron chi connectivity index (χ2n) is 4.76. The van der Waals surface area contributed by atoms with Gasteiger partial charge in [0.25, 0.3) is 0 Å². The topological polar surface area (TPSA) is 94.9 Å². The Labute approximate surface area is 133 Å². The molecule has 1 fully saturated rings. The Morgan fingerprint density at radius 2 is 2.10 bits per heavy atom. The average molecular weight is 379 g/mol. The Bertz CT molecular complexity index is 663. The van der Waals surface area contributed by atoms with Crippen molar-refractivity contribution in [1.82, 2.24) is 4.98 Å². The molecule has 4 N–H and O–H groups in total. The molecule has 0 radical (unpaired) electrons. The average Bonchev–Trinajstić information content (AvgIpc) is 3.00. The van der Waals surface area contributed by atoms with E-state index >= 15 is 0 Å². The molecule has 0 saturated carbocycles. The van der Waals surface area contributed by atoms with Crippen LogP contribution in [0.2, 0.25) is 5.02 Å². The van der Waals surface area contributed by atoms with Crippen molar-refractivity contribution in [2.24, 2.45) is 0 Å². The first kappa shape index (κ1) is 15.1. The summed E-state index contributed by atoms with van der Waals surface area (Å²) in [6.45, 7) is -0.404. The van der Waals surface area contributed by atoms with Gasteiger partial charge in [0.2, 0.25) is 6.29 Å². The summed E-state index contributed by atoms with van der Waals surface area (Å²) in [7, 11) is 0. The molecule has 21 heavy (non-hydrogen) atoms. The van der Waals surface area contributed by atoms with Gasteiger partial charge in [-0.25, -0.2) is 0 Å². The van der Waals surface area contributed by atoms with Crippen LogP contribution in [-0.2, 0) is 4.74 Å². The van der Waals surface area contributed by atoms with Crippen molar-refractivity contribution in [2.45, 2.75) is 24.6 Å². The van der Waals surface area contributed by atoms with E-state index in [-0.39, 0.29) is 0 Å². The number of aromatic amines is 1. The molecule has 0 unspecified atom stereocenters. The molecule has 8 heteroatoms. The number of benzene rings is 1. The number of aromatic nitrogens is 1. The fourth-order valence-electron chi connectivity index (χ4n) is 2.31. The summed E-state index contributed by atoms with van der Waals surface area (Å²) in [4.78, 5) is 3.00. The third-order valence-corrected chi connectivity index (χ3v) is 4.72. The number of aliphatic hydroxyl groups is 3. The summed E-state index contributed by atoms with van der Waals surface area (Å²) in [5.41, 5.74) is 0.768. The number of H-pyrrole nitrogens is 1. The van der Waals surface area contributed by atoms with Gasteiger partial charge in [0.05, 0.1) is 22.5 Å². The Hall–Kier alpha value is -0.830. The van der Waals surface area contributed by atoms with Crippen LogP contribution in [0.4, 0.5) is 0 Å². The van der Waals surface area contributed by atoms with Gasteiger partial charge in [0, 0.05) is 10.7 Å². The summed E-state index contributed by atoms with van der Waals surface area (Å²) >= 11 is 9.57. The first-order valence-corrected chi connectivity index (χ1v) is 7.44. The standard InChI is InChI=1S/C13H13BrClNO5/c14-5-1-2-6-9(10(5)15)7(3-16-6)20-13-12(19)11(18)8(4-17)21-13/h1-3,8,11-13,16-19H,4H2/t8-,11-,12-,13-/m0/s1. The van der Waals surface area contributed by atoms with Gasteiger partial charge >= 0.3 is 0 Å². The van der Waals surface area contributed by atoms with Gasteiger partial charge in [-0.3, -0.25) is 0 Å². The number of ether oxygens (including phenoxy) is 2. The molecule has 0 aliphatic carbocycles. The quantitative estimate of drug-likeness (QED) is 0.648. The van der Waals surface area contributed by atoms with Crippen LogP contribution in [0.3, 0.4) is 0 Å². The molecule has 2 aromatic rings. The fraction of sp³-hybridized carbons (Fsp3) is 0.385. The van der Waals surface area contributed by atoms with Crippen LogP contribution in [0.1, 0.15) is 0 Å². The van der Waals surface area contributed by atoms with Gasteiger partial charge < -0.3 is 29.8 Å². The van der Waals surface area contributed by atoms with E-state index < -0.39 is 31.2 Å². The predicted molar refractivity (Wildman–Crippen MR) is 79.4 cm³/mol. The van der Waals surface area contributed by atoms with E-state index in [1.807, 2.05) is 6.07 Å². The van der Waals surface area contributed by atoms with Crippen LogP contribution < -0.4 is 4.74 Å². The van der Waals surface area contributed by atoms with E-state index in [4.69, 9.17) is 26.2 Å². The highest BCUT2D eigenvalue weighted by Gasteiger charge is 2.44. The minimum atomic E-state index is -1.25. The molecule has 1 aliphatic rings. The normalized spacial score (nSPS) is 29.2. The van der Waals surface area contributed by atoms with Gasteiger partial charge in [-0.15, -0.1) is 0 Å². The molecular weight excluding hydrogens is 366 g/mol. The molecule has 0 spiro atoms. The number of hydrogen-bond donors (Lipinski definition) is 4. The minimum Gasteiger partial charge on any atom is -0.460 e. The van der Waals surface area contributed by atoms with Gasteiger partial charge in [0.15, 0.2) is 0 Å². The van der Waals surface area contributed by atoms with Crippen molar-refractivity contribution in [3.63, 3.8) is 0 Å². The van der Waals surface area contributed by atoms with E-state index in [1.165, 1.54) is 0 Å². The number of rotatable bonds is 3. The maximum Gasteiger partial charge on any atom is 0.229 e. The number of fused-ring (bicyclic) bond motifs is 1. The second-order valence-corrected chi connectivity index (χ2v) is 5.99. The van der Waals surface area contributed by atoms with Crippen LogP contribution in [0, 0.1) is 0 Å². The van der Waals surface area contributed by atoms with Gasteiger partial charge in [-0.2, -0.15) is 0 Å². The van der Waals surface area contributed by atoms with E-state index in [1.54, 1.807) is 12.3 Å². The molecule has 1 aromatic carbocycles. The number of hydrogen-bond acceptors (Lipinski definition) is 5. The van der Waals surface area contributed by atoms with E-state index in [0.29, 0.717) is 20.6 Å². The number of aliphatic hydroxyl groups excluding tert-OH is 3. The van der Waals surface area contributed by atoms with Crippen molar-refractivity contribution in [3.05, 3.63) is 27.8 Å². The molecule has 1 aliphatic heterocycles. The highest BCUT2D eigenvalue weighted by molar-refractivity contribution is 9.10. The van der Waals surface area contributed by atoms with Crippen LogP contribution in [0.15, 0.2) is 22.8 Å². The third kappa shape index (κ3) is 2.54. The molecule has 1 saturated heterocycles. The lowest BCUT2D eigenvalue weighted by Crippen LogP contribution is -2.35. The van der Waals surface area contributed by atoms with E-state index in [9.17, 15) is 10.2 Å². The molecule has 114 valence electrons. The zero-order valence-electron chi connectivity index (χ0n) is 10.7. The molecule has 0 amide bonds. The molecule has 1 aromatic heterocycles. The Kier molecular flexibility index (Phi) is 4.13. The summed E-state index contributed by atoms with van der Waals surface area (Å²) in [6.07, 6.45) is -2.81. The molecule has 6 nitrogen and oxygen atoms in total. The SMILES string of the molecule is OC[C@@H]1O[C@H](Oc2c[nH]c3ccc(Br)c(Cl)c23)[C@@H](O)[C@H]1O. The van der Waals surface area contributed by atoms with Crippen LogP contribution in [-0.4, -0.2) is 51.5 Å². The van der Waals surface area contributed by atoms with Crippen molar-refractivity contribution < 1.29 is 24.8 Å². The Morgan fingerprint density at radius 3 is 2.76 bits per heavy atom. The lowest BCUT2D eigenvalue weighted by Gasteiger charge is -2.16. The first-order chi connectivity index (χ1) is 10.0. The number of nitrogens with one attached hydrogen (secondary N) is 1. The largest absolute Gasteiger partial charge is 0.460 e. The highest BCUT2D eigenvalue weighted by atomic mass is 79.9. The molecule has 2 heterocycles. The fourth-order valence-corrected chi connectivity index (χ4v) is 2.90. The van der Waals surface area contributed by atoms with E-state index in [2.05, 4.69) is 20.9 Å².